The molecular formula is C16H29N3O. The van der Waals surface area contributed by atoms with Crippen LogP contribution in [0, 0.1) is 19.8 Å². The molecule has 0 bridgehead atoms. The van der Waals surface area contributed by atoms with Crippen molar-refractivity contribution in [2.24, 2.45) is 5.92 Å². The molecule has 1 aliphatic heterocycles. The molecule has 2 rings (SSSR count). The van der Waals surface area contributed by atoms with E-state index >= 15 is 0 Å². The van der Waals surface area contributed by atoms with Crippen LogP contribution in [0.4, 0.5) is 0 Å². The van der Waals surface area contributed by atoms with Gasteiger partial charge in [0.2, 0.25) is 0 Å². The number of likely N-dealkylation sites (tertiary alicyclic amines) is 1. The highest BCUT2D eigenvalue weighted by Crippen LogP contribution is 2.22. The minimum atomic E-state index is 0.871. The fraction of sp³-hybridized carbons (Fsp3) is 0.812. The second-order valence-corrected chi connectivity index (χ2v) is 6.01. The van der Waals surface area contributed by atoms with Gasteiger partial charge in [0, 0.05) is 18.7 Å². The van der Waals surface area contributed by atoms with E-state index in [-0.39, 0.29) is 0 Å². The molecule has 0 radical (unpaired) electrons. The Morgan fingerprint density at radius 2 is 1.85 bits per heavy atom. The van der Waals surface area contributed by atoms with Crippen LogP contribution >= 0.6 is 0 Å². The minimum absolute atomic E-state index is 0.871. The van der Waals surface area contributed by atoms with E-state index in [2.05, 4.69) is 28.8 Å². The molecule has 0 saturated carbocycles. The maximum atomic E-state index is 5.26. The first-order valence-corrected chi connectivity index (χ1v) is 8.00. The predicted molar refractivity (Wildman–Crippen MR) is 81.8 cm³/mol. The molecule has 20 heavy (non-hydrogen) atoms. The molecule has 114 valence electrons. The van der Waals surface area contributed by atoms with Crippen molar-refractivity contribution in [1.29, 1.82) is 0 Å². The van der Waals surface area contributed by atoms with Crippen LogP contribution in [0.1, 0.15) is 43.7 Å². The molecule has 0 aromatic carbocycles. The largest absolute Gasteiger partial charge is 0.361 e. The van der Waals surface area contributed by atoms with Crippen LogP contribution in [-0.4, -0.2) is 47.7 Å². The summed E-state index contributed by atoms with van der Waals surface area (Å²) in [5.74, 6) is 1.85. The number of hydrogen-bond acceptors (Lipinski definition) is 4. The molecule has 2 heterocycles. The lowest BCUT2D eigenvalue weighted by molar-refractivity contribution is 0.143. The fourth-order valence-corrected chi connectivity index (χ4v) is 3.13. The molecule has 4 heteroatoms. The van der Waals surface area contributed by atoms with Gasteiger partial charge < -0.3 is 9.42 Å². The average molecular weight is 279 g/mol. The van der Waals surface area contributed by atoms with Crippen molar-refractivity contribution in [3.05, 3.63) is 17.0 Å². The number of hydrogen-bond donors (Lipinski definition) is 0. The summed E-state index contributed by atoms with van der Waals surface area (Å²) in [4.78, 5) is 5.10. The fourth-order valence-electron chi connectivity index (χ4n) is 3.13. The van der Waals surface area contributed by atoms with Crippen molar-refractivity contribution in [3.63, 3.8) is 0 Å². The van der Waals surface area contributed by atoms with Crippen molar-refractivity contribution >= 4 is 0 Å². The zero-order chi connectivity index (χ0) is 14.5. The van der Waals surface area contributed by atoms with Crippen LogP contribution in [-0.2, 0) is 6.54 Å². The monoisotopic (exact) mass is 279 g/mol. The van der Waals surface area contributed by atoms with E-state index in [1.165, 1.54) is 51.1 Å². The molecule has 0 N–H and O–H groups in total. The maximum absolute atomic E-state index is 5.26. The molecule has 0 spiro atoms. The van der Waals surface area contributed by atoms with Crippen LogP contribution in [0.15, 0.2) is 4.52 Å². The first kappa shape index (κ1) is 15.5. The zero-order valence-corrected chi connectivity index (χ0v) is 13.5. The topological polar surface area (TPSA) is 32.5 Å². The highest BCUT2D eigenvalue weighted by Gasteiger charge is 2.22. The van der Waals surface area contributed by atoms with E-state index in [4.69, 9.17) is 4.52 Å². The molecule has 0 amide bonds. The maximum Gasteiger partial charge on any atom is 0.138 e. The smallest absolute Gasteiger partial charge is 0.138 e. The Kier molecular flexibility index (Phi) is 5.61. The summed E-state index contributed by atoms with van der Waals surface area (Å²) in [6.07, 6.45) is 2.64. The lowest BCUT2D eigenvalue weighted by atomic mass is 9.95. The van der Waals surface area contributed by atoms with Gasteiger partial charge >= 0.3 is 0 Å². The Morgan fingerprint density at radius 1 is 1.20 bits per heavy atom. The molecule has 0 unspecified atom stereocenters. The third-order valence-electron chi connectivity index (χ3n) is 4.68. The van der Waals surface area contributed by atoms with E-state index in [1.54, 1.807) is 0 Å². The highest BCUT2D eigenvalue weighted by molar-refractivity contribution is 5.20. The van der Waals surface area contributed by atoms with Gasteiger partial charge in [0.05, 0.1) is 5.69 Å². The van der Waals surface area contributed by atoms with E-state index in [0.29, 0.717) is 0 Å². The molecule has 0 aliphatic carbocycles. The predicted octanol–water partition coefficient (Wildman–Crippen LogP) is 2.85. The Morgan fingerprint density at radius 3 is 2.35 bits per heavy atom. The van der Waals surface area contributed by atoms with Gasteiger partial charge in [-0.15, -0.1) is 0 Å². The van der Waals surface area contributed by atoms with Crippen molar-refractivity contribution in [1.82, 2.24) is 15.0 Å². The lowest BCUT2D eigenvalue weighted by Crippen LogP contribution is -2.38. The summed E-state index contributed by atoms with van der Waals surface area (Å²) in [5.41, 5.74) is 2.33. The van der Waals surface area contributed by atoms with Gasteiger partial charge in [-0.25, -0.2) is 0 Å². The molecule has 1 aliphatic rings. The molecule has 1 saturated heterocycles. The second-order valence-electron chi connectivity index (χ2n) is 6.01. The first-order chi connectivity index (χ1) is 9.63. The summed E-state index contributed by atoms with van der Waals surface area (Å²) < 4.78 is 5.26. The Balaban J connectivity index is 1.80. The summed E-state index contributed by atoms with van der Waals surface area (Å²) in [6.45, 7) is 15.6. The van der Waals surface area contributed by atoms with Gasteiger partial charge in [-0.2, -0.15) is 0 Å². The minimum Gasteiger partial charge on any atom is -0.361 e. The summed E-state index contributed by atoms with van der Waals surface area (Å²) >= 11 is 0. The van der Waals surface area contributed by atoms with E-state index in [9.17, 15) is 0 Å². The number of aromatic nitrogens is 1. The number of piperidine rings is 1. The normalized spacial score (nSPS) is 18.1. The van der Waals surface area contributed by atoms with Crippen LogP contribution in [0.5, 0.6) is 0 Å². The lowest BCUT2D eigenvalue weighted by Gasteiger charge is -2.34. The standard InChI is InChI=1S/C16H29N3O/c1-5-18(6-2)11-15-7-9-19(10-8-15)12-16-13(3)17-20-14(16)4/h15H,5-12H2,1-4H3. The molecule has 4 nitrogen and oxygen atoms in total. The Hall–Kier alpha value is -0.870. The van der Waals surface area contributed by atoms with Crippen LogP contribution in [0.25, 0.3) is 0 Å². The third kappa shape index (κ3) is 3.83. The Bertz CT molecular complexity index is 384. The summed E-state index contributed by atoms with van der Waals surface area (Å²) in [6, 6.07) is 0. The molecule has 1 aromatic heterocycles. The number of aryl methyl sites for hydroxylation is 2. The molecule has 1 aromatic rings. The van der Waals surface area contributed by atoms with Crippen molar-refractivity contribution in [2.75, 3.05) is 32.7 Å². The van der Waals surface area contributed by atoms with Gasteiger partial charge in [-0.05, 0) is 58.8 Å². The van der Waals surface area contributed by atoms with E-state index in [1.807, 2.05) is 13.8 Å². The summed E-state index contributed by atoms with van der Waals surface area (Å²) in [5, 5.41) is 4.05. The molecular weight excluding hydrogens is 250 g/mol. The Labute approximate surface area is 123 Å². The van der Waals surface area contributed by atoms with Crippen molar-refractivity contribution in [3.8, 4) is 0 Å². The molecule has 0 atom stereocenters. The van der Waals surface area contributed by atoms with Crippen molar-refractivity contribution < 1.29 is 4.52 Å². The average Bonchev–Trinajstić information content (AvgIpc) is 2.78. The summed E-state index contributed by atoms with van der Waals surface area (Å²) in [7, 11) is 0. The van der Waals surface area contributed by atoms with Crippen LogP contribution in [0.2, 0.25) is 0 Å². The van der Waals surface area contributed by atoms with Crippen molar-refractivity contribution in [2.45, 2.75) is 47.1 Å². The van der Waals surface area contributed by atoms with Gasteiger partial charge in [0.1, 0.15) is 5.76 Å². The number of nitrogens with zero attached hydrogens (tertiary/aromatic N) is 3. The second kappa shape index (κ2) is 7.23. The first-order valence-electron chi connectivity index (χ1n) is 8.00. The van der Waals surface area contributed by atoms with Crippen LogP contribution in [0.3, 0.4) is 0 Å². The van der Waals surface area contributed by atoms with Gasteiger partial charge in [-0.1, -0.05) is 19.0 Å². The third-order valence-corrected chi connectivity index (χ3v) is 4.68. The quantitative estimate of drug-likeness (QED) is 0.801. The highest BCUT2D eigenvalue weighted by atomic mass is 16.5. The van der Waals surface area contributed by atoms with Gasteiger partial charge in [0.15, 0.2) is 0 Å². The number of rotatable bonds is 6. The SMILES string of the molecule is CCN(CC)CC1CCN(Cc2c(C)noc2C)CC1. The van der Waals surface area contributed by atoms with Gasteiger partial charge in [-0.3, -0.25) is 4.90 Å². The molecule has 1 fully saturated rings. The van der Waals surface area contributed by atoms with E-state index in [0.717, 1.165) is 23.9 Å². The van der Waals surface area contributed by atoms with Crippen LogP contribution < -0.4 is 0 Å². The van der Waals surface area contributed by atoms with E-state index < -0.39 is 0 Å². The van der Waals surface area contributed by atoms with Gasteiger partial charge in [0.25, 0.3) is 0 Å². The zero-order valence-electron chi connectivity index (χ0n) is 13.5.